The molecule has 0 aromatic rings. The third-order valence-corrected chi connectivity index (χ3v) is 2.55. The first-order chi connectivity index (χ1) is 5.29. The average molecular weight is 158 g/mol. The van der Waals surface area contributed by atoms with Crippen molar-refractivity contribution in [2.24, 2.45) is 5.73 Å². The van der Waals surface area contributed by atoms with Crippen molar-refractivity contribution >= 4 is 0 Å². The highest BCUT2D eigenvalue weighted by molar-refractivity contribution is 4.84. The minimum atomic E-state index is 0.282. The van der Waals surface area contributed by atoms with Gasteiger partial charge in [0.2, 0.25) is 0 Å². The summed E-state index contributed by atoms with van der Waals surface area (Å²) in [4.78, 5) is 2.31. The molecule has 0 radical (unpaired) electrons. The molecular weight excluding hydrogens is 140 g/mol. The number of likely N-dealkylation sites (tertiary alicyclic amines) is 1. The largest absolute Gasteiger partial charge is 0.395 e. The molecule has 11 heavy (non-hydrogen) atoms. The Morgan fingerprint density at radius 1 is 1.55 bits per heavy atom. The van der Waals surface area contributed by atoms with Crippen LogP contribution in [0.15, 0.2) is 0 Å². The highest BCUT2D eigenvalue weighted by atomic mass is 16.3. The molecular formula is C8H18N2O. The van der Waals surface area contributed by atoms with E-state index in [-0.39, 0.29) is 6.61 Å². The Labute approximate surface area is 68.2 Å². The summed E-state index contributed by atoms with van der Waals surface area (Å²) in [6.45, 7) is 4.10. The predicted octanol–water partition coefficient (Wildman–Crippen LogP) is -0.210. The fraction of sp³-hybridized carbons (Fsp3) is 1.00. The summed E-state index contributed by atoms with van der Waals surface area (Å²) in [6.07, 6.45) is 2.32. The number of aliphatic hydroxyl groups excluding tert-OH is 1. The van der Waals surface area contributed by atoms with Gasteiger partial charge in [-0.3, -0.25) is 4.90 Å². The molecule has 1 saturated heterocycles. The zero-order valence-corrected chi connectivity index (χ0v) is 7.16. The van der Waals surface area contributed by atoms with E-state index in [1.807, 2.05) is 0 Å². The molecule has 1 fully saturated rings. The second-order valence-electron chi connectivity index (χ2n) is 3.29. The molecule has 0 saturated carbocycles. The van der Waals surface area contributed by atoms with E-state index in [9.17, 15) is 0 Å². The molecule has 2 unspecified atom stereocenters. The van der Waals surface area contributed by atoms with Crippen LogP contribution in [-0.2, 0) is 0 Å². The van der Waals surface area contributed by atoms with Crippen LogP contribution in [0.25, 0.3) is 0 Å². The van der Waals surface area contributed by atoms with Gasteiger partial charge >= 0.3 is 0 Å². The van der Waals surface area contributed by atoms with Crippen molar-refractivity contribution in [1.29, 1.82) is 0 Å². The normalized spacial score (nSPS) is 33.0. The van der Waals surface area contributed by atoms with Gasteiger partial charge in [0.05, 0.1) is 6.61 Å². The van der Waals surface area contributed by atoms with Gasteiger partial charge < -0.3 is 10.8 Å². The number of aliphatic hydroxyl groups is 1. The van der Waals surface area contributed by atoms with Crippen LogP contribution in [0.5, 0.6) is 0 Å². The third-order valence-electron chi connectivity index (χ3n) is 2.55. The Morgan fingerprint density at radius 3 is 2.82 bits per heavy atom. The van der Waals surface area contributed by atoms with E-state index in [0.717, 1.165) is 13.0 Å². The quantitative estimate of drug-likeness (QED) is 0.597. The lowest BCUT2D eigenvalue weighted by Gasteiger charge is -2.26. The molecule has 1 heterocycles. The Bertz CT molecular complexity index is 119. The molecule has 0 amide bonds. The Morgan fingerprint density at radius 2 is 2.27 bits per heavy atom. The van der Waals surface area contributed by atoms with Crippen LogP contribution in [0.2, 0.25) is 0 Å². The lowest BCUT2D eigenvalue weighted by atomic mass is 10.2. The summed E-state index contributed by atoms with van der Waals surface area (Å²) in [6, 6.07) is 0.976. The lowest BCUT2D eigenvalue weighted by Crippen LogP contribution is -2.40. The fourth-order valence-electron chi connectivity index (χ4n) is 1.87. The summed E-state index contributed by atoms with van der Waals surface area (Å²) < 4.78 is 0. The molecule has 2 atom stereocenters. The zero-order chi connectivity index (χ0) is 8.27. The van der Waals surface area contributed by atoms with Crippen LogP contribution in [0.1, 0.15) is 19.8 Å². The van der Waals surface area contributed by atoms with E-state index in [4.69, 9.17) is 10.8 Å². The smallest absolute Gasteiger partial charge is 0.0587 e. The molecule has 0 aliphatic carbocycles. The van der Waals surface area contributed by atoms with E-state index in [2.05, 4.69) is 11.8 Å². The van der Waals surface area contributed by atoms with Crippen LogP contribution in [0.3, 0.4) is 0 Å². The second-order valence-corrected chi connectivity index (χ2v) is 3.29. The first kappa shape index (κ1) is 8.97. The van der Waals surface area contributed by atoms with Crippen molar-refractivity contribution in [2.75, 3.05) is 19.7 Å². The van der Waals surface area contributed by atoms with Gasteiger partial charge in [-0.15, -0.1) is 0 Å². The van der Waals surface area contributed by atoms with Gasteiger partial charge in [-0.2, -0.15) is 0 Å². The van der Waals surface area contributed by atoms with Gasteiger partial charge in [-0.25, -0.2) is 0 Å². The Kier molecular flexibility index (Phi) is 3.30. The van der Waals surface area contributed by atoms with E-state index in [0.29, 0.717) is 18.6 Å². The maximum atomic E-state index is 9.00. The van der Waals surface area contributed by atoms with Crippen molar-refractivity contribution in [2.45, 2.75) is 31.8 Å². The monoisotopic (exact) mass is 158 g/mol. The molecule has 3 nitrogen and oxygen atoms in total. The number of nitrogens with zero attached hydrogens (tertiary/aromatic N) is 1. The number of rotatable bonds is 3. The van der Waals surface area contributed by atoms with Crippen LogP contribution < -0.4 is 5.73 Å². The summed E-state index contributed by atoms with van der Waals surface area (Å²) in [5.41, 5.74) is 5.46. The van der Waals surface area contributed by atoms with Crippen LogP contribution in [-0.4, -0.2) is 41.8 Å². The minimum Gasteiger partial charge on any atom is -0.395 e. The lowest BCUT2D eigenvalue weighted by molar-refractivity contribution is 0.137. The molecule has 0 spiro atoms. The molecule has 0 bridgehead atoms. The number of hydrogen-bond acceptors (Lipinski definition) is 3. The summed E-state index contributed by atoms with van der Waals surface area (Å²) in [5, 5.41) is 9.00. The summed E-state index contributed by atoms with van der Waals surface area (Å²) in [5.74, 6) is 0. The van der Waals surface area contributed by atoms with E-state index >= 15 is 0 Å². The fourth-order valence-corrected chi connectivity index (χ4v) is 1.87. The van der Waals surface area contributed by atoms with E-state index in [1.54, 1.807) is 0 Å². The third kappa shape index (κ3) is 1.92. The number of hydrogen-bond donors (Lipinski definition) is 2. The topological polar surface area (TPSA) is 49.5 Å². The van der Waals surface area contributed by atoms with Crippen molar-refractivity contribution in [3.8, 4) is 0 Å². The summed E-state index contributed by atoms with van der Waals surface area (Å²) >= 11 is 0. The SMILES string of the molecule is CC1CCC(CO)N1CCN. The molecule has 66 valence electrons. The van der Waals surface area contributed by atoms with E-state index < -0.39 is 0 Å². The molecule has 0 aromatic carbocycles. The molecule has 1 rings (SSSR count). The average Bonchev–Trinajstić information content (AvgIpc) is 2.34. The van der Waals surface area contributed by atoms with Crippen molar-refractivity contribution in [3.63, 3.8) is 0 Å². The first-order valence-electron chi connectivity index (χ1n) is 4.36. The van der Waals surface area contributed by atoms with Crippen molar-refractivity contribution in [1.82, 2.24) is 4.90 Å². The van der Waals surface area contributed by atoms with Gasteiger partial charge in [0.15, 0.2) is 0 Å². The second kappa shape index (κ2) is 4.04. The van der Waals surface area contributed by atoms with Crippen LogP contribution in [0.4, 0.5) is 0 Å². The molecule has 1 aliphatic rings. The van der Waals surface area contributed by atoms with Gasteiger partial charge in [0, 0.05) is 25.2 Å². The van der Waals surface area contributed by atoms with Gasteiger partial charge in [0.25, 0.3) is 0 Å². The van der Waals surface area contributed by atoms with Gasteiger partial charge in [-0.05, 0) is 19.8 Å². The van der Waals surface area contributed by atoms with Gasteiger partial charge in [-0.1, -0.05) is 0 Å². The predicted molar refractivity (Wildman–Crippen MR) is 45.3 cm³/mol. The highest BCUT2D eigenvalue weighted by Crippen LogP contribution is 2.22. The molecule has 3 heteroatoms. The molecule has 3 N–H and O–H groups in total. The molecule has 1 aliphatic heterocycles. The Balaban J connectivity index is 2.42. The standard InChI is InChI=1S/C8H18N2O/c1-7-2-3-8(6-11)10(7)5-4-9/h7-8,11H,2-6,9H2,1H3. The number of nitrogens with two attached hydrogens (primary N) is 1. The Hall–Kier alpha value is -0.120. The van der Waals surface area contributed by atoms with Gasteiger partial charge in [0.1, 0.15) is 0 Å². The van der Waals surface area contributed by atoms with Crippen LogP contribution >= 0.6 is 0 Å². The zero-order valence-electron chi connectivity index (χ0n) is 7.16. The highest BCUT2D eigenvalue weighted by Gasteiger charge is 2.28. The summed E-state index contributed by atoms with van der Waals surface area (Å²) in [7, 11) is 0. The molecule has 0 aromatic heterocycles. The maximum Gasteiger partial charge on any atom is 0.0587 e. The minimum absolute atomic E-state index is 0.282. The maximum absolute atomic E-state index is 9.00. The van der Waals surface area contributed by atoms with Crippen molar-refractivity contribution < 1.29 is 5.11 Å². The van der Waals surface area contributed by atoms with Crippen LogP contribution in [0, 0.1) is 0 Å². The van der Waals surface area contributed by atoms with E-state index in [1.165, 1.54) is 6.42 Å². The van der Waals surface area contributed by atoms with Crippen molar-refractivity contribution in [3.05, 3.63) is 0 Å². The first-order valence-corrected chi connectivity index (χ1v) is 4.36.